The molecule has 3 aromatic carbocycles. The van der Waals surface area contributed by atoms with E-state index in [0.717, 1.165) is 9.13 Å². The minimum atomic E-state index is -0.489. The van der Waals surface area contributed by atoms with Crippen molar-refractivity contribution in [1.82, 2.24) is 9.78 Å². The van der Waals surface area contributed by atoms with E-state index >= 15 is 0 Å². The summed E-state index contributed by atoms with van der Waals surface area (Å²) in [6.07, 6.45) is 0. The van der Waals surface area contributed by atoms with Crippen molar-refractivity contribution in [3.05, 3.63) is 103 Å². The van der Waals surface area contributed by atoms with Crippen LogP contribution in [0.5, 0.6) is 0 Å². The van der Waals surface area contributed by atoms with E-state index in [1.54, 1.807) is 0 Å². The van der Waals surface area contributed by atoms with Crippen LogP contribution in [-0.4, -0.2) is 14.7 Å². The minimum Gasteiger partial charge on any atom is -0.288 e. The highest BCUT2D eigenvalue weighted by Crippen LogP contribution is 2.28. The SMILES string of the molecule is O=c1c(N=Nc2ccc(I)cc2)c(-c2ccccc2)[nH]n1-c1ccc([N+](=O)[O-])cc1. The largest absolute Gasteiger partial charge is 0.299 e. The molecule has 0 bridgehead atoms. The van der Waals surface area contributed by atoms with Gasteiger partial charge in [0.05, 0.1) is 22.0 Å². The second kappa shape index (κ2) is 8.41. The van der Waals surface area contributed by atoms with Crippen molar-refractivity contribution in [3.8, 4) is 16.9 Å². The van der Waals surface area contributed by atoms with Gasteiger partial charge in [0.25, 0.3) is 11.2 Å². The molecular weight excluding hydrogens is 497 g/mol. The molecular formula is C21H14IN5O3. The van der Waals surface area contributed by atoms with Crippen LogP contribution in [0.2, 0.25) is 0 Å². The first-order chi connectivity index (χ1) is 14.5. The lowest BCUT2D eigenvalue weighted by atomic mass is 10.1. The standard InChI is InChI=1S/C21H14IN5O3/c22-15-6-8-16(9-7-15)23-24-20-19(14-4-2-1-3-5-14)25-26(21(20)28)17-10-12-18(13-11-17)27(29)30/h1-13,25H. The predicted octanol–water partition coefficient (Wildman–Crippen LogP) is 5.76. The first-order valence-electron chi connectivity index (χ1n) is 8.85. The predicted molar refractivity (Wildman–Crippen MR) is 122 cm³/mol. The molecule has 0 fully saturated rings. The minimum absolute atomic E-state index is 0.0553. The first kappa shape index (κ1) is 19.7. The number of H-pyrrole nitrogens is 1. The van der Waals surface area contributed by atoms with E-state index in [4.69, 9.17) is 0 Å². The molecule has 0 saturated carbocycles. The number of aromatic nitrogens is 2. The highest BCUT2D eigenvalue weighted by Gasteiger charge is 2.17. The Morgan fingerprint density at radius 2 is 1.57 bits per heavy atom. The number of nitro groups is 1. The molecule has 1 aromatic heterocycles. The number of nitro benzene ring substituents is 1. The number of nitrogens with zero attached hydrogens (tertiary/aromatic N) is 4. The Morgan fingerprint density at radius 3 is 2.20 bits per heavy atom. The summed E-state index contributed by atoms with van der Waals surface area (Å²) in [7, 11) is 0. The summed E-state index contributed by atoms with van der Waals surface area (Å²) in [5.41, 5.74) is 2.05. The van der Waals surface area contributed by atoms with Crippen molar-refractivity contribution in [2.45, 2.75) is 0 Å². The van der Waals surface area contributed by atoms with Gasteiger partial charge in [-0.3, -0.25) is 20.0 Å². The van der Waals surface area contributed by atoms with E-state index in [-0.39, 0.29) is 11.4 Å². The lowest BCUT2D eigenvalue weighted by Gasteiger charge is -2.01. The third-order valence-corrected chi connectivity index (χ3v) is 5.06. The van der Waals surface area contributed by atoms with E-state index in [1.807, 2.05) is 54.6 Å². The molecule has 0 spiro atoms. The normalized spacial score (nSPS) is 11.1. The molecule has 148 valence electrons. The Hall–Kier alpha value is -3.60. The van der Waals surface area contributed by atoms with Gasteiger partial charge in [-0.15, -0.1) is 5.11 Å². The van der Waals surface area contributed by atoms with Gasteiger partial charge in [0, 0.05) is 21.3 Å². The van der Waals surface area contributed by atoms with Crippen LogP contribution in [0.1, 0.15) is 0 Å². The fraction of sp³-hybridized carbons (Fsp3) is 0. The molecule has 0 unspecified atom stereocenters. The monoisotopic (exact) mass is 511 g/mol. The van der Waals surface area contributed by atoms with Crippen LogP contribution in [0.3, 0.4) is 0 Å². The Balaban J connectivity index is 1.82. The van der Waals surface area contributed by atoms with E-state index in [1.165, 1.54) is 28.9 Å². The molecule has 0 aliphatic heterocycles. The number of halogens is 1. The van der Waals surface area contributed by atoms with Crippen molar-refractivity contribution in [2.24, 2.45) is 10.2 Å². The molecule has 0 saturated heterocycles. The Bertz CT molecular complexity index is 1280. The van der Waals surface area contributed by atoms with Gasteiger partial charge in [-0.2, -0.15) is 5.11 Å². The average Bonchev–Trinajstić information content (AvgIpc) is 3.10. The van der Waals surface area contributed by atoms with Crippen molar-refractivity contribution < 1.29 is 4.92 Å². The molecule has 9 heteroatoms. The zero-order valence-electron chi connectivity index (χ0n) is 15.4. The molecule has 0 atom stereocenters. The zero-order valence-corrected chi connectivity index (χ0v) is 17.6. The number of nitrogens with one attached hydrogen (secondary N) is 1. The third kappa shape index (κ3) is 4.06. The lowest BCUT2D eigenvalue weighted by Crippen LogP contribution is -2.13. The molecule has 0 aliphatic rings. The zero-order chi connectivity index (χ0) is 21.1. The first-order valence-corrected chi connectivity index (χ1v) is 9.93. The summed E-state index contributed by atoms with van der Waals surface area (Å²) in [4.78, 5) is 23.5. The maximum Gasteiger partial charge on any atom is 0.299 e. The molecule has 0 aliphatic carbocycles. The smallest absolute Gasteiger partial charge is 0.288 e. The number of benzene rings is 3. The van der Waals surface area contributed by atoms with E-state index < -0.39 is 10.5 Å². The summed E-state index contributed by atoms with van der Waals surface area (Å²) < 4.78 is 2.37. The molecule has 0 amide bonds. The van der Waals surface area contributed by atoms with Crippen LogP contribution >= 0.6 is 22.6 Å². The fourth-order valence-corrected chi connectivity index (χ4v) is 3.21. The van der Waals surface area contributed by atoms with E-state index in [2.05, 4.69) is 37.9 Å². The Morgan fingerprint density at radius 1 is 0.900 bits per heavy atom. The second-order valence-electron chi connectivity index (χ2n) is 6.29. The van der Waals surface area contributed by atoms with Crippen LogP contribution in [0.15, 0.2) is 93.9 Å². The Kier molecular flexibility index (Phi) is 5.53. The van der Waals surface area contributed by atoms with E-state index in [0.29, 0.717) is 17.1 Å². The van der Waals surface area contributed by atoms with Crippen LogP contribution < -0.4 is 5.56 Å². The molecule has 1 heterocycles. The van der Waals surface area contributed by atoms with Gasteiger partial charge in [0.1, 0.15) is 0 Å². The summed E-state index contributed by atoms with van der Waals surface area (Å²) in [6.45, 7) is 0. The topological polar surface area (TPSA) is 106 Å². The highest BCUT2D eigenvalue weighted by atomic mass is 127. The summed E-state index contributed by atoms with van der Waals surface area (Å²) >= 11 is 2.20. The van der Waals surface area contributed by atoms with Crippen LogP contribution in [0.25, 0.3) is 16.9 Å². The van der Waals surface area contributed by atoms with Gasteiger partial charge < -0.3 is 0 Å². The number of rotatable bonds is 5. The van der Waals surface area contributed by atoms with E-state index in [9.17, 15) is 14.9 Å². The summed E-state index contributed by atoms with van der Waals surface area (Å²) in [6, 6.07) is 22.4. The number of azo groups is 1. The van der Waals surface area contributed by atoms with Crippen molar-refractivity contribution in [1.29, 1.82) is 0 Å². The van der Waals surface area contributed by atoms with Gasteiger partial charge in [-0.25, -0.2) is 4.68 Å². The highest BCUT2D eigenvalue weighted by molar-refractivity contribution is 14.1. The molecule has 0 radical (unpaired) electrons. The van der Waals surface area contributed by atoms with Gasteiger partial charge >= 0.3 is 0 Å². The van der Waals surface area contributed by atoms with Crippen LogP contribution in [0.4, 0.5) is 17.1 Å². The van der Waals surface area contributed by atoms with Crippen molar-refractivity contribution >= 4 is 39.7 Å². The molecule has 4 rings (SSSR count). The maximum atomic E-state index is 13.1. The van der Waals surface area contributed by atoms with Gasteiger partial charge in [0.15, 0.2) is 5.69 Å². The summed E-state index contributed by atoms with van der Waals surface area (Å²) in [5.74, 6) is 0. The van der Waals surface area contributed by atoms with Gasteiger partial charge in [-0.05, 0) is 59.0 Å². The fourth-order valence-electron chi connectivity index (χ4n) is 2.85. The molecule has 1 N–H and O–H groups in total. The second-order valence-corrected chi connectivity index (χ2v) is 7.54. The van der Waals surface area contributed by atoms with Gasteiger partial charge in [0.2, 0.25) is 0 Å². The number of hydrogen-bond donors (Lipinski definition) is 1. The molecule has 4 aromatic rings. The van der Waals surface area contributed by atoms with Gasteiger partial charge in [-0.1, -0.05) is 30.3 Å². The number of hydrogen-bond acceptors (Lipinski definition) is 5. The number of aromatic amines is 1. The average molecular weight is 511 g/mol. The Labute approximate surface area is 184 Å². The lowest BCUT2D eigenvalue weighted by molar-refractivity contribution is -0.384. The molecule has 30 heavy (non-hydrogen) atoms. The van der Waals surface area contributed by atoms with Crippen molar-refractivity contribution in [3.63, 3.8) is 0 Å². The molecule has 8 nitrogen and oxygen atoms in total. The number of non-ortho nitro benzene ring substituents is 1. The third-order valence-electron chi connectivity index (χ3n) is 4.34. The quantitative estimate of drug-likeness (QED) is 0.159. The van der Waals surface area contributed by atoms with Crippen molar-refractivity contribution in [2.75, 3.05) is 0 Å². The summed E-state index contributed by atoms with van der Waals surface area (Å²) in [5, 5.41) is 22.4. The van der Waals surface area contributed by atoms with Crippen LogP contribution in [-0.2, 0) is 0 Å². The van der Waals surface area contributed by atoms with Crippen LogP contribution in [0, 0.1) is 13.7 Å². The maximum absolute atomic E-state index is 13.1.